The Hall–Kier alpha value is -0.900. The first-order valence-electron chi connectivity index (χ1n) is 4.48. The fourth-order valence-electron chi connectivity index (χ4n) is 1.06. The molecule has 0 radical (unpaired) electrons. The number of anilines is 1. The zero-order chi connectivity index (χ0) is 10.6. The summed E-state index contributed by atoms with van der Waals surface area (Å²) in [4.78, 5) is 15.3. The van der Waals surface area contributed by atoms with Crippen LogP contribution in [0.15, 0.2) is 22.9 Å². The van der Waals surface area contributed by atoms with Crippen LogP contribution >= 0.6 is 15.9 Å². The van der Waals surface area contributed by atoms with Gasteiger partial charge in [0, 0.05) is 17.1 Å². The molecule has 0 aliphatic rings. The second-order valence-corrected chi connectivity index (χ2v) is 4.45. The highest BCUT2D eigenvalue weighted by atomic mass is 79.9. The molecule has 1 N–H and O–H groups in total. The first kappa shape index (κ1) is 11.2. The standard InChI is InChI=1S/C10H13BrN2O/c1-7(2)3-10(14)13-9-4-8(11)5-12-6-9/h4-7H,3H2,1-2H3,(H,13,14). The zero-order valence-corrected chi connectivity index (χ0v) is 9.84. The summed E-state index contributed by atoms with van der Waals surface area (Å²) < 4.78 is 0.861. The van der Waals surface area contributed by atoms with Gasteiger partial charge in [0.05, 0.1) is 11.9 Å². The molecule has 0 fully saturated rings. The number of halogens is 1. The molecule has 1 aromatic heterocycles. The van der Waals surface area contributed by atoms with Crippen LogP contribution in [0.25, 0.3) is 0 Å². The summed E-state index contributed by atoms with van der Waals surface area (Å²) in [6.07, 6.45) is 3.84. The van der Waals surface area contributed by atoms with Crippen molar-refractivity contribution in [1.29, 1.82) is 0 Å². The Morgan fingerprint density at radius 2 is 2.29 bits per heavy atom. The largest absolute Gasteiger partial charge is 0.325 e. The quantitative estimate of drug-likeness (QED) is 0.904. The number of carbonyl (C=O) groups excluding carboxylic acids is 1. The predicted molar refractivity (Wildman–Crippen MR) is 60.0 cm³/mol. The molecule has 0 aliphatic carbocycles. The van der Waals surface area contributed by atoms with E-state index in [1.807, 2.05) is 19.9 Å². The molecule has 0 atom stereocenters. The van der Waals surface area contributed by atoms with Crippen molar-refractivity contribution < 1.29 is 4.79 Å². The lowest BCUT2D eigenvalue weighted by Gasteiger charge is -2.06. The van der Waals surface area contributed by atoms with E-state index >= 15 is 0 Å². The van der Waals surface area contributed by atoms with Gasteiger partial charge in [0.15, 0.2) is 0 Å². The van der Waals surface area contributed by atoms with E-state index in [0.29, 0.717) is 12.3 Å². The van der Waals surface area contributed by atoms with E-state index < -0.39 is 0 Å². The molecule has 4 heteroatoms. The lowest BCUT2D eigenvalue weighted by molar-refractivity contribution is -0.116. The Labute approximate surface area is 92.1 Å². The van der Waals surface area contributed by atoms with Crippen LogP contribution in [0.4, 0.5) is 5.69 Å². The molecule has 0 aliphatic heterocycles. The van der Waals surface area contributed by atoms with Gasteiger partial charge in [-0.15, -0.1) is 0 Å². The molecule has 0 saturated heterocycles. The molecular formula is C10H13BrN2O. The summed E-state index contributed by atoms with van der Waals surface area (Å²) >= 11 is 3.29. The fraction of sp³-hybridized carbons (Fsp3) is 0.400. The second kappa shape index (κ2) is 5.10. The smallest absolute Gasteiger partial charge is 0.224 e. The Balaban J connectivity index is 2.56. The Kier molecular flexibility index (Phi) is 4.07. The minimum Gasteiger partial charge on any atom is -0.325 e. The normalized spacial score (nSPS) is 10.3. The van der Waals surface area contributed by atoms with Crippen molar-refractivity contribution in [2.45, 2.75) is 20.3 Å². The molecule has 1 aromatic rings. The van der Waals surface area contributed by atoms with Crippen LogP contribution in [-0.2, 0) is 4.79 Å². The summed E-state index contributed by atoms with van der Waals surface area (Å²) in [7, 11) is 0. The minimum absolute atomic E-state index is 0.0277. The summed E-state index contributed by atoms with van der Waals surface area (Å²) in [6, 6.07) is 1.82. The van der Waals surface area contributed by atoms with Crippen molar-refractivity contribution in [3.8, 4) is 0 Å². The summed E-state index contributed by atoms with van der Waals surface area (Å²) in [5, 5.41) is 2.78. The Bertz CT molecular complexity index is 326. The molecule has 1 heterocycles. The fourth-order valence-corrected chi connectivity index (χ4v) is 1.43. The maximum absolute atomic E-state index is 11.4. The van der Waals surface area contributed by atoms with Gasteiger partial charge in [0.2, 0.25) is 5.91 Å². The second-order valence-electron chi connectivity index (χ2n) is 3.54. The van der Waals surface area contributed by atoms with E-state index in [2.05, 4.69) is 26.2 Å². The highest BCUT2D eigenvalue weighted by Crippen LogP contribution is 2.14. The van der Waals surface area contributed by atoms with Gasteiger partial charge in [-0.25, -0.2) is 0 Å². The predicted octanol–water partition coefficient (Wildman–Crippen LogP) is 2.83. The van der Waals surface area contributed by atoms with E-state index in [1.165, 1.54) is 0 Å². The third-order valence-corrected chi connectivity index (χ3v) is 2.02. The van der Waals surface area contributed by atoms with Crippen LogP contribution in [-0.4, -0.2) is 10.9 Å². The van der Waals surface area contributed by atoms with Crippen LogP contribution < -0.4 is 5.32 Å². The van der Waals surface area contributed by atoms with E-state index in [-0.39, 0.29) is 5.91 Å². The molecule has 0 aromatic carbocycles. The van der Waals surface area contributed by atoms with Crippen molar-refractivity contribution in [3.05, 3.63) is 22.9 Å². The van der Waals surface area contributed by atoms with Crippen molar-refractivity contribution in [2.24, 2.45) is 5.92 Å². The van der Waals surface area contributed by atoms with Gasteiger partial charge in [-0.3, -0.25) is 9.78 Å². The van der Waals surface area contributed by atoms with Crippen LogP contribution in [0.5, 0.6) is 0 Å². The van der Waals surface area contributed by atoms with Crippen LogP contribution in [0.3, 0.4) is 0 Å². The van der Waals surface area contributed by atoms with Gasteiger partial charge in [-0.1, -0.05) is 13.8 Å². The highest BCUT2D eigenvalue weighted by molar-refractivity contribution is 9.10. The molecule has 14 heavy (non-hydrogen) atoms. The summed E-state index contributed by atoms with van der Waals surface area (Å²) in [5.74, 6) is 0.398. The summed E-state index contributed by atoms with van der Waals surface area (Å²) in [6.45, 7) is 4.03. The van der Waals surface area contributed by atoms with Crippen molar-refractivity contribution in [2.75, 3.05) is 5.32 Å². The molecule has 1 rings (SSSR count). The molecular weight excluding hydrogens is 244 g/mol. The van der Waals surface area contributed by atoms with Crippen molar-refractivity contribution in [1.82, 2.24) is 4.98 Å². The van der Waals surface area contributed by atoms with Gasteiger partial charge in [0.25, 0.3) is 0 Å². The zero-order valence-electron chi connectivity index (χ0n) is 8.25. The lowest BCUT2D eigenvalue weighted by atomic mass is 10.1. The van der Waals surface area contributed by atoms with E-state index in [4.69, 9.17) is 0 Å². The third-order valence-electron chi connectivity index (χ3n) is 1.58. The SMILES string of the molecule is CC(C)CC(=O)Nc1cncc(Br)c1. The Morgan fingerprint density at radius 1 is 1.57 bits per heavy atom. The molecule has 0 unspecified atom stereocenters. The first-order valence-corrected chi connectivity index (χ1v) is 5.27. The average molecular weight is 257 g/mol. The third kappa shape index (κ3) is 3.87. The van der Waals surface area contributed by atoms with Gasteiger partial charge in [0.1, 0.15) is 0 Å². The van der Waals surface area contributed by atoms with Gasteiger partial charge >= 0.3 is 0 Å². The average Bonchev–Trinajstić information content (AvgIpc) is 2.01. The molecule has 0 spiro atoms. The van der Waals surface area contributed by atoms with Gasteiger partial charge in [-0.2, -0.15) is 0 Å². The number of nitrogens with one attached hydrogen (secondary N) is 1. The number of nitrogens with zero attached hydrogens (tertiary/aromatic N) is 1. The number of pyridine rings is 1. The number of amides is 1. The number of carbonyl (C=O) groups is 1. The van der Waals surface area contributed by atoms with Gasteiger partial charge < -0.3 is 5.32 Å². The summed E-state index contributed by atoms with van der Waals surface area (Å²) in [5.41, 5.74) is 0.727. The number of hydrogen-bond donors (Lipinski definition) is 1. The van der Waals surface area contributed by atoms with E-state index in [1.54, 1.807) is 12.4 Å². The van der Waals surface area contributed by atoms with Crippen molar-refractivity contribution >= 4 is 27.5 Å². The topological polar surface area (TPSA) is 42.0 Å². The lowest BCUT2D eigenvalue weighted by Crippen LogP contribution is -2.13. The Morgan fingerprint density at radius 3 is 2.86 bits per heavy atom. The number of rotatable bonds is 3. The van der Waals surface area contributed by atoms with E-state index in [9.17, 15) is 4.79 Å². The van der Waals surface area contributed by atoms with Crippen LogP contribution in [0, 0.1) is 5.92 Å². The highest BCUT2D eigenvalue weighted by Gasteiger charge is 2.05. The molecule has 3 nitrogen and oxygen atoms in total. The number of aromatic nitrogens is 1. The van der Waals surface area contributed by atoms with E-state index in [0.717, 1.165) is 10.2 Å². The maximum atomic E-state index is 11.4. The minimum atomic E-state index is 0.0277. The molecule has 76 valence electrons. The number of hydrogen-bond acceptors (Lipinski definition) is 2. The monoisotopic (exact) mass is 256 g/mol. The molecule has 1 amide bonds. The van der Waals surface area contributed by atoms with Gasteiger partial charge in [-0.05, 0) is 27.9 Å². The van der Waals surface area contributed by atoms with Crippen LogP contribution in [0.1, 0.15) is 20.3 Å². The molecule has 0 saturated carbocycles. The van der Waals surface area contributed by atoms with Crippen molar-refractivity contribution in [3.63, 3.8) is 0 Å². The first-order chi connectivity index (χ1) is 6.58. The molecule has 0 bridgehead atoms. The maximum Gasteiger partial charge on any atom is 0.224 e. The van der Waals surface area contributed by atoms with Crippen LogP contribution in [0.2, 0.25) is 0 Å².